The molecule has 1 heterocycles. The predicted octanol–water partition coefficient (Wildman–Crippen LogP) is 2.72. The van der Waals surface area contributed by atoms with E-state index >= 15 is 0 Å². The van der Waals surface area contributed by atoms with Crippen molar-refractivity contribution in [2.75, 3.05) is 13.1 Å². The topological polar surface area (TPSA) is 27.0 Å². The molecular weight excluding hydrogens is 216 g/mol. The van der Waals surface area contributed by atoms with Gasteiger partial charge in [-0.05, 0) is 18.4 Å². The van der Waals surface area contributed by atoms with Crippen molar-refractivity contribution < 1.29 is 0 Å². The first kappa shape index (κ1) is 11.1. The average Bonchev–Trinajstić information content (AvgIpc) is 2.85. The van der Waals surface area contributed by atoms with Crippen LogP contribution in [0.2, 0.25) is 0 Å². The van der Waals surface area contributed by atoms with Crippen LogP contribution >= 0.6 is 12.2 Å². The van der Waals surface area contributed by atoms with Gasteiger partial charge in [-0.2, -0.15) is 5.26 Å². The molecule has 2 rings (SSSR count). The van der Waals surface area contributed by atoms with Crippen LogP contribution in [-0.4, -0.2) is 23.0 Å². The van der Waals surface area contributed by atoms with Crippen molar-refractivity contribution in [1.29, 1.82) is 5.26 Å². The summed E-state index contributed by atoms with van der Waals surface area (Å²) >= 11 is 5.42. The van der Waals surface area contributed by atoms with Gasteiger partial charge in [0, 0.05) is 13.1 Å². The number of hydrogen-bond donors (Lipinski definition) is 0. The summed E-state index contributed by atoms with van der Waals surface area (Å²) in [4.78, 5) is 2.95. The Labute approximate surface area is 101 Å². The lowest BCUT2D eigenvalue weighted by Gasteiger charge is -2.22. The molecule has 0 saturated carbocycles. The van der Waals surface area contributed by atoms with Crippen LogP contribution in [0.1, 0.15) is 24.3 Å². The summed E-state index contributed by atoms with van der Waals surface area (Å²) < 4.78 is 0. The van der Waals surface area contributed by atoms with Crippen molar-refractivity contribution in [1.82, 2.24) is 4.90 Å². The molecule has 1 aliphatic rings. The van der Waals surface area contributed by atoms with E-state index in [4.69, 9.17) is 12.2 Å². The van der Waals surface area contributed by atoms with E-state index in [1.54, 1.807) is 0 Å². The minimum absolute atomic E-state index is 0.269. The average molecular weight is 230 g/mol. The van der Waals surface area contributed by atoms with Gasteiger partial charge >= 0.3 is 0 Å². The second kappa shape index (κ2) is 5.09. The van der Waals surface area contributed by atoms with E-state index in [0.717, 1.165) is 23.6 Å². The van der Waals surface area contributed by atoms with E-state index < -0.39 is 0 Å². The number of likely N-dealkylation sites (tertiary alicyclic amines) is 1. The molecule has 0 bridgehead atoms. The van der Waals surface area contributed by atoms with Crippen molar-refractivity contribution in [3.63, 3.8) is 0 Å². The monoisotopic (exact) mass is 230 g/mol. The molecule has 2 nitrogen and oxygen atoms in total. The predicted molar refractivity (Wildman–Crippen MR) is 68.2 cm³/mol. The number of thiocarbonyl (C=S) groups is 1. The number of nitriles is 1. The van der Waals surface area contributed by atoms with Crippen LogP contribution in [0.15, 0.2) is 30.3 Å². The van der Waals surface area contributed by atoms with Gasteiger partial charge in [-0.15, -0.1) is 0 Å². The van der Waals surface area contributed by atoms with Crippen LogP contribution in [0.25, 0.3) is 0 Å². The smallest absolute Gasteiger partial charge is 0.122 e. The summed E-state index contributed by atoms with van der Waals surface area (Å²) in [5.41, 5.74) is 1.00. The van der Waals surface area contributed by atoms with Crippen LogP contribution in [-0.2, 0) is 0 Å². The number of rotatable bonds is 2. The van der Waals surface area contributed by atoms with E-state index in [9.17, 15) is 5.26 Å². The molecule has 0 spiro atoms. The fourth-order valence-corrected chi connectivity index (χ4v) is 2.41. The standard InChI is InChI=1S/C13H14N2S/c14-10-12(11-6-2-1-3-7-11)13(16)15-8-4-5-9-15/h1-3,6-7,12H,4-5,8-9H2. The Hall–Kier alpha value is -1.40. The maximum absolute atomic E-state index is 9.25. The summed E-state index contributed by atoms with van der Waals surface area (Å²) in [6.07, 6.45) is 2.38. The molecule has 1 aromatic rings. The Balaban J connectivity index is 2.17. The van der Waals surface area contributed by atoms with E-state index in [-0.39, 0.29) is 5.92 Å². The molecule has 0 aromatic heterocycles. The van der Waals surface area contributed by atoms with E-state index in [2.05, 4.69) is 11.0 Å². The van der Waals surface area contributed by atoms with Crippen LogP contribution in [0.4, 0.5) is 0 Å². The summed E-state index contributed by atoms with van der Waals surface area (Å²) in [6.45, 7) is 2.01. The SMILES string of the molecule is N#CC(C(=S)N1CCCC1)c1ccccc1. The second-order valence-electron chi connectivity index (χ2n) is 4.01. The number of benzene rings is 1. The largest absolute Gasteiger partial charge is 0.365 e. The maximum atomic E-state index is 9.25. The molecule has 1 fully saturated rings. The van der Waals surface area contributed by atoms with Crippen molar-refractivity contribution in [2.45, 2.75) is 18.8 Å². The third-order valence-electron chi connectivity index (χ3n) is 2.93. The first-order valence-corrected chi connectivity index (χ1v) is 5.97. The van der Waals surface area contributed by atoms with Gasteiger partial charge in [-0.1, -0.05) is 42.5 Å². The molecule has 1 atom stereocenters. The Morgan fingerprint density at radius 2 is 1.88 bits per heavy atom. The van der Waals surface area contributed by atoms with Crippen LogP contribution < -0.4 is 0 Å². The van der Waals surface area contributed by atoms with Crippen LogP contribution in [0, 0.1) is 11.3 Å². The first-order valence-electron chi connectivity index (χ1n) is 5.56. The van der Waals surface area contributed by atoms with E-state index in [1.807, 2.05) is 30.3 Å². The maximum Gasteiger partial charge on any atom is 0.122 e. The molecule has 0 aliphatic carbocycles. The minimum Gasteiger partial charge on any atom is -0.365 e. The minimum atomic E-state index is -0.269. The molecule has 3 heteroatoms. The zero-order valence-electron chi connectivity index (χ0n) is 9.10. The summed E-state index contributed by atoms with van der Waals surface area (Å²) in [5.74, 6) is -0.269. The van der Waals surface area contributed by atoms with Gasteiger partial charge in [0.25, 0.3) is 0 Å². The highest BCUT2D eigenvalue weighted by atomic mass is 32.1. The van der Waals surface area contributed by atoms with Gasteiger partial charge in [-0.3, -0.25) is 0 Å². The third kappa shape index (κ3) is 2.23. The summed E-state index contributed by atoms with van der Waals surface area (Å²) in [6, 6.07) is 12.1. The van der Waals surface area contributed by atoms with Gasteiger partial charge in [0.15, 0.2) is 0 Å². The zero-order valence-corrected chi connectivity index (χ0v) is 9.91. The molecule has 82 valence electrons. The van der Waals surface area contributed by atoms with Gasteiger partial charge in [0.2, 0.25) is 0 Å². The Morgan fingerprint density at radius 1 is 1.25 bits per heavy atom. The summed E-state index contributed by atoms with van der Waals surface area (Å²) in [5, 5.41) is 9.25. The van der Waals surface area contributed by atoms with Gasteiger partial charge in [0.1, 0.15) is 5.92 Å². The molecule has 1 unspecified atom stereocenters. The van der Waals surface area contributed by atoms with Gasteiger partial charge in [0.05, 0.1) is 11.1 Å². The lowest BCUT2D eigenvalue weighted by atomic mass is 10.0. The molecule has 1 aliphatic heterocycles. The van der Waals surface area contributed by atoms with E-state index in [0.29, 0.717) is 0 Å². The quantitative estimate of drug-likeness (QED) is 0.731. The third-order valence-corrected chi connectivity index (χ3v) is 3.42. The highest BCUT2D eigenvalue weighted by molar-refractivity contribution is 7.80. The Kier molecular flexibility index (Phi) is 3.53. The molecule has 0 amide bonds. The molecule has 1 saturated heterocycles. The normalized spacial score (nSPS) is 16.8. The first-order chi connectivity index (χ1) is 7.83. The zero-order chi connectivity index (χ0) is 11.4. The van der Waals surface area contributed by atoms with Crippen molar-refractivity contribution >= 4 is 17.2 Å². The number of nitrogens with zero attached hydrogens (tertiary/aromatic N) is 2. The second-order valence-corrected chi connectivity index (χ2v) is 4.42. The van der Waals surface area contributed by atoms with Crippen LogP contribution in [0.5, 0.6) is 0 Å². The lowest BCUT2D eigenvalue weighted by Crippen LogP contribution is -2.30. The highest BCUT2D eigenvalue weighted by Crippen LogP contribution is 2.21. The van der Waals surface area contributed by atoms with Crippen LogP contribution in [0.3, 0.4) is 0 Å². The van der Waals surface area contributed by atoms with Crippen molar-refractivity contribution in [3.8, 4) is 6.07 Å². The molecule has 1 aromatic carbocycles. The highest BCUT2D eigenvalue weighted by Gasteiger charge is 2.23. The lowest BCUT2D eigenvalue weighted by molar-refractivity contribution is 0.516. The van der Waals surface area contributed by atoms with Gasteiger partial charge < -0.3 is 4.90 Å². The van der Waals surface area contributed by atoms with Crippen molar-refractivity contribution in [2.24, 2.45) is 0 Å². The van der Waals surface area contributed by atoms with Crippen molar-refractivity contribution in [3.05, 3.63) is 35.9 Å². The fraction of sp³-hybridized carbons (Fsp3) is 0.385. The Morgan fingerprint density at radius 3 is 2.44 bits per heavy atom. The molecule has 16 heavy (non-hydrogen) atoms. The Bertz CT molecular complexity index is 402. The molecular formula is C13H14N2S. The molecule has 0 N–H and O–H groups in total. The number of hydrogen-bond acceptors (Lipinski definition) is 2. The van der Waals surface area contributed by atoms with E-state index in [1.165, 1.54) is 12.8 Å². The van der Waals surface area contributed by atoms with Gasteiger partial charge in [-0.25, -0.2) is 0 Å². The molecule has 0 radical (unpaired) electrons. The summed E-state index contributed by atoms with van der Waals surface area (Å²) in [7, 11) is 0. The fourth-order valence-electron chi connectivity index (χ4n) is 2.04.